The summed E-state index contributed by atoms with van der Waals surface area (Å²) >= 11 is 0. The van der Waals surface area contributed by atoms with Crippen LogP contribution in [-0.4, -0.2) is 45.3 Å². The Morgan fingerprint density at radius 1 is 1.11 bits per heavy atom. The molecule has 0 heterocycles. The van der Waals surface area contributed by atoms with E-state index >= 15 is 0 Å². The number of nitrogens with one attached hydrogen (secondary N) is 1. The molecule has 1 atom stereocenters. The number of rotatable bonds is 8. The van der Waals surface area contributed by atoms with Crippen LogP contribution in [0.5, 0.6) is 17.2 Å². The lowest BCUT2D eigenvalue weighted by Gasteiger charge is -2.23. The zero-order valence-corrected chi connectivity index (χ0v) is 16.0. The van der Waals surface area contributed by atoms with Crippen molar-refractivity contribution in [2.45, 2.75) is 13.0 Å². The molecule has 2 aromatic carbocycles. The molecule has 0 aliphatic carbocycles. The van der Waals surface area contributed by atoms with Crippen molar-refractivity contribution in [2.24, 2.45) is 0 Å². The molecule has 0 spiro atoms. The van der Waals surface area contributed by atoms with Crippen molar-refractivity contribution in [3.8, 4) is 17.2 Å². The molecule has 146 valence electrons. The molecule has 0 bridgehead atoms. The summed E-state index contributed by atoms with van der Waals surface area (Å²) in [6.07, 6.45) is 0. The lowest BCUT2D eigenvalue weighted by Crippen LogP contribution is -2.40. The average Bonchev–Trinajstić information content (AvgIpc) is 2.68. The summed E-state index contributed by atoms with van der Waals surface area (Å²) in [5.41, 5.74) is 0.850. The van der Waals surface area contributed by atoms with E-state index in [9.17, 15) is 9.18 Å². The number of urea groups is 1. The molecule has 0 saturated carbocycles. The molecule has 2 rings (SSSR count). The number of nitrogens with zero attached hydrogens (tertiary/aromatic N) is 1. The van der Waals surface area contributed by atoms with Gasteiger partial charge in [-0.3, -0.25) is 0 Å². The van der Waals surface area contributed by atoms with Crippen molar-refractivity contribution in [1.29, 1.82) is 0 Å². The second-order valence-corrected chi connectivity index (χ2v) is 6.00. The van der Waals surface area contributed by atoms with Gasteiger partial charge in [-0.2, -0.15) is 0 Å². The Kier molecular flexibility index (Phi) is 7.28. The summed E-state index contributed by atoms with van der Waals surface area (Å²) in [7, 11) is 4.84. The summed E-state index contributed by atoms with van der Waals surface area (Å²) in [5, 5.41) is 2.93. The maximum Gasteiger partial charge on any atom is 0.317 e. The average molecular weight is 376 g/mol. The molecule has 2 amide bonds. The van der Waals surface area contributed by atoms with Crippen LogP contribution in [0.3, 0.4) is 0 Å². The second kappa shape index (κ2) is 9.66. The normalized spacial score (nSPS) is 11.4. The largest absolute Gasteiger partial charge is 0.497 e. The van der Waals surface area contributed by atoms with Gasteiger partial charge in [0.2, 0.25) is 0 Å². The Balaban J connectivity index is 1.87. The monoisotopic (exact) mass is 376 g/mol. The lowest BCUT2D eigenvalue weighted by molar-refractivity contribution is 0.192. The summed E-state index contributed by atoms with van der Waals surface area (Å²) in [5.74, 6) is 1.57. The predicted molar refractivity (Wildman–Crippen MR) is 101 cm³/mol. The van der Waals surface area contributed by atoms with Crippen molar-refractivity contribution in [3.63, 3.8) is 0 Å². The van der Waals surface area contributed by atoms with Crippen molar-refractivity contribution >= 4 is 6.03 Å². The van der Waals surface area contributed by atoms with Crippen LogP contribution >= 0.6 is 0 Å². The molecule has 0 aromatic heterocycles. The molecule has 2 aromatic rings. The summed E-state index contributed by atoms with van der Waals surface area (Å²) in [6.45, 7) is 2.57. The molecule has 0 aliphatic heterocycles. The van der Waals surface area contributed by atoms with Gasteiger partial charge in [-0.15, -0.1) is 0 Å². The molecule has 0 radical (unpaired) electrons. The Hall–Kier alpha value is -2.96. The van der Waals surface area contributed by atoms with Crippen LogP contribution in [0, 0.1) is 5.82 Å². The SMILES string of the molecule is COc1ccc(C(C)NC(=O)N(C)CCOc2ccc(F)cc2)c(OC)c1. The first kappa shape index (κ1) is 20.4. The van der Waals surface area contributed by atoms with Crippen LogP contribution in [0.1, 0.15) is 18.5 Å². The Morgan fingerprint density at radius 3 is 2.41 bits per heavy atom. The molecule has 7 heteroatoms. The Morgan fingerprint density at radius 2 is 1.78 bits per heavy atom. The summed E-state index contributed by atoms with van der Waals surface area (Å²) in [6, 6.07) is 10.7. The lowest BCUT2D eigenvalue weighted by atomic mass is 10.1. The number of carbonyl (C=O) groups excluding carboxylic acids is 1. The maximum atomic E-state index is 12.9. The van der Waals surface area contributed by atoms with Crippen LogP contribution in [0.25, 0.3) is 0 Å². The van der Waals surface area contributed by atoms with Crippen molar-refractivity contribution < 1.29 is 23.4 Å². The summed E-state index contributed by atoms with van der Waals surface area (Å²) in [4.78, 5) is 13.9. The van der Waals surface area contributed by atoms with E-state index in [1.807, 2.05) is 19.1 Å². The summed E-state index contributed by atoms with van der Waals surface area (Å²) < 4.78 is 28.9. The number of hydrogen-bond acceptors (Lipinski definition) is 4. The molecular formula is C20H25FN2O4. The third-order valence-corrected chi connectivity index (χ3v) is 4.10. The van der Waals surface area contributed by atoms with E-state index in [-0.39, 0.29) is 17.9 Å². The first-order chi connectivity index (χ1) is 12.9. The van der Waals surface area contributed by atoms with Crippen molar-refractivity contribution in [3.05, 3.63) is 53.8 Å². The Bertz CT molecular complexity index is 752. The Labute approximate surface area is 158 Å². The van der Waals surface area contributed by atoms with Gasteiger partial charge in [0.05, 0.1) is 26.8 Å². The smallest absolute Gasteiger partial charge is 0.317 e. The van der Waals surface area contributed by atoms with E-state index < -0.39 is 0 Å². The molecule has 0 fully saturated rings. The van der Waals surface area contributed by atoms with Gasteiger partial charge in [0.1, 0.15) is 29.7 Å². The number of ether oxygens (including phenoxy) is 3. The van der Waals surface area contributed by atoms with E-state index in [1.165, 1.54) is 17.0 Å². The van der Waals surface area contributed by atoms with Crippen LogP contribution in [0.15, 0.2) is 42.5 Å². The molecular weight excluding hydrogens is 351 g/mol. The molecule has 27 heavy (non-hydrogen) atoms. The molecule has 1 unspecified atom stereocenters. The van der Waals surface area contributed by atoms with Gasteiger partial charge in [-0.05, 0) is 43.3 Å². The zero-order chi connectivity index (χ0) is 19.8. The van der Waals surface area contributed by atoms with Crippen LogP contribution in [-0.2, 0) is 0 Å². The first-order valence-electron chi connectivity index (χ1n) is 8.56. The maximum absolute atomic E-state index is 12.9. The molecule has 0 saturated heterocycles. The number of amides is 2. The molecule has 0 aliphatic rings. The van der Waals surface area contributed by atoms with E-state index in [0.717, 1.165) is 5.56 Å². The zero-order valence-electron chi connectivity index (χ0n) is 16.0. The van der Waals surface area contributed by atoms with Gasteiger partial charge in [-0.25, -0.2) is 9.18 Å². The third-order valence-electron chi connectivity index (χ3n) is 4.10. The first-order valence-corrected chi connectivity index (χ1v) is 8.56. The van der Waals surface area contributed by atoms with Gasteiger partial charge in [0.15, 0.2) is 0 Å². The van der Waals surface area contributed by atoms with E-state index in [2.05, 4.69) is 5.32 Å². The highest BCUT2D eigenvalue weighted by Crippen LogP contribution is 2.29. The fourth-order valence-electron chi connectivity index (χ4n) is 2.48. The quantitative estimate of drug-likeness (QED) is 0.764. The minimum atomic E-state index is -0.318. The highest BCUT2D eigenvalue weighted by Gasteiger charge is 2.17. The van der Waals surface area contributed by atoms with Crippen LogP contribution < -0.4 is 19.5 Å². The van der Waals surface area contributed by atoms with E-state index in [4.69, 9.17) is 14.2 Å². The highest BCUT2D eigenvalue weighted by molar-refractivity contribution is 5.74. The topological polar surface area (TPSA) is 60.0 Å². The number of benzene rings is 2. The van der Waals surface area contributed by atoms with Crippen LogP contribution in [0.4, 0.5) is 9.18 Å². The molecule has 6 nitrogen and oxygen atoms in total. The minimum absolute atomic E-state index is 0.233. The van der Waals surface area contributed by atoms with Crippen molar-refractivity contribution in [2.75, 3.05) is 34.4 Å². The fourth-order valence-corrected chi connectivity index (χ4v) is 2.48. The van der Waals surface area contributed by atoms with Crippen LogP contribution in [0.2, 0.25) is 0 Å². The number of hydrogen-bond donors (Lipinski definition) is 1. The number of carbonyl (C=O) groups is 1. The van der Waals surface area contributed by atoms with E-state index in [0.29, 0.717) is 30.4 Å². The van der Waals surface area contributed by atoms with Gasteiger partial charge in [-0.1, -0.05) is 0 Å². The highest BCUT2D eigenvalue weighted by atomic mass is 19.1. The number of methoxy groups -OCH3 is 2. The van der Waals surface area contributed by atoms with Gasteiger partial charge in [0.25, 0.3) is 0 Å². The molecule has 1 N–H and O–H groups in total. The standard InChI is InChI=1S/C20H25FN2O4/c1-14(18-10-9-17(25-3)13-19(18)26-4)22-20(24)23(2)11-12-27-16-7-5-15(21)6-8-16/h5-10,13-14H,11-12H2,1-4H3,(H,22,24). The number of halogens is 1. The van der Waals surface area contributed by atoms with Gasteiger partial charge in [0, 0.05) is 18.7 Å². The third kappa shape index (κ3) is 5.77. The van der Waals surface area contributed by atoms with Gasteiger partial charge >= 0.3 is 6.03 Å². The number of likely N-dealkylation sites (N-methyl/N-ethyl adjacent to an activating group) is 1. The van der Waals surface area contributed by atoms with Crippen molar-refractivity contribution in [1.82, 2.24) is 10.2 Å². The van der Waals surface area contributed by atoms with Gasteiger partial charge < -0.3 is 24.4 Å². The fraction of sp³-hybridized carbons (Fsp3) is 0.350. The minimum Gasteiger partial charge on any atom is -0.497 e. The van der Waals surface area contributed by atoms with E-state index in [1.54, 1.807) is 39.5 Å². The second-order valence-electron chi connectivity index (χ2n) is 6.00. The predicted octanol–water partition coefficient (Wildman–Crippen LogP) is 3.62.